The average Bonchev–Trinajstić information content (AvgIpc) is 2.54. The Labute approximate surface area is 76.4 Å². The van der Waals surface area contributed by atoms with Crippen LogP contribution in [0.15, 0.2) is 18.3 Å². The predicted molar refractivity (Wildman–Crippen MR) is 46.6 cm³/mol. The molecule has 1 aliphatic rings. The van der Waals surface area contributed by atoms with Crippen LogP contribution >= 0.6 is 0 Å². The van der Waals surface area contributed by atoms with Crippen molar-refractivity contribution in [1.29, 1.82) is 0 Å². The van der Waals surface area contributed by atoms with E-state index >= 15 is 0 Å². The number of aromatic nitrogens is 1. The first-order valence-electron chi connectivity index (χ1n) is 4.56. The summed E-state index contributed by atoms with van der Waals surface area (Å²) in [5.74, 6) is -0.535. The first-order valence-corrected chi connectivity index (χ1v) is 4.56. The molecule has 0 atom stereocenters. The maximum Gasteiger partial charge on any atom is 0.218 e. The lowest BCUT2D eigenvalue weighted by molar-refractivity contribution is 0.0399. The zero-order valence-corrected chi connectivity index (χ0v) is 7.33. The van der Waals surface area contributed by atoms with Crippen LogP contribution in [0.3, 0.4) is 0 Å². The molecule has 1 N–H and O–H groups in total. The van der Waals surface area contributed by atoms with Crippen molar-refractivity contribution in [3.05, 3.63) is 29.8 Å². The highest BCUT2D eigenvalue weighted by Gasteiger charge is 2.35. The Hall–Kier alpha value is -0.960. The van der Waals surface area contributed by atoms with Gasteiger partial charge in [-0.15, -0.1) is 0 Å². The highest BCUT2D eigenvalue weighted by atomic mass is 19.1. The highest BCUT2D eigenvalue weighted by molar-refractivity contribution is 5.20. The molecule has 1 aliphatic carbocycles. The van der Waals surface area contributed by atoms with Gasteiger partial charge in [0, 0.05) is 11.8 Å². The van der Waals surface area contributed by atoms with Crippen molar-refractivity contribution in [3.63, 3.8) is 0 Å². The number of hydrogen-bond acceptors (Lipinski definition) is 2. The van der Waals surface area contributed by atoms with Gasteiger partial charge in [-0.3, -0.25) is 0 Å². The van der Waals surface area contributed by atoms with Crippen LogP contribution in [0.25, 0.3) is 0 Å². The monoisotopic (exact) mass is 181 g/mol. The fourth-order valence-electron chi connectivity index (χ4n) is 1.96. The predicted octanol–water partition coefficient (Wildman–Crippen LogP) is 1.98. The minimum absolute atomic E-state index is 0.354. The van der Waals surface area contributed by atoms with E-state index in [1.807, 2.05) is 0 Å². The summed E-state index contributed by atoms with van der Waals surface area (Å²) < 4.78 is 13.2. The lowest BCUT2D eigenvalue weighted by atomic mass is 9.93. The fraction of sp³-hybridized carbons (Fsp3) is 0.500. The molecule has 70 valence electrons. The third-order valence-corrected chi connectivity index (χ3v) is 2.69. The number of pyridine rings is 1. The summed E-state index contributed by atoms with van der Waals surface area (Å²) in [6.07, 6.45) is 4.62. The Morgan fingerprint density at radius 3 is 2.69 bits per heavy atom. The minimum atomic E-state index is -0.960. The Morgan fingerprint density at radius 2 is 2.08 bits per heavy atom. The van der Waals surface area contributed by atoms with Gasteiger partial charge < -0.3 is 5.11 Å². The van der Waals surface area contributed by atoms with E-state index in [0.29, 0.717) is 18.4 Å². The molecule has 0 spiro atoms. The summed E-state index contributed by atoms with van der Waals surface area (Å²) in [6, 6.07) is 3.28. The molecule has 0 aliphatic heterocycles. The fourth-order valence-corrected chi connectivity index (χ4v) is 1.96. The van der Waals surface area contributed by atoms with E-state index in [1.165, 1.54) is 6.20 Å². The van der Waals surface area contributed by atoms with Crippen LogP contribution in [-0.2, 0) is 5.60 Å². The van der Waals surface area contributed by atoms with E-state index in [4.69, 9.17) is 0 Å². The molecule has 0 radical (unpaired) electrons. The summed E-state index contributed by atoms with van der Waals surface area (Å²) in [4.78, 5) is 3.54. The van der Waals surface area contributed by atoms with E-state index in [9.17, 15) is 9.50 Å². The molecular weight excluding hydrogens is 169 g/mol. The van der Waals surface area contributed by atoms with Gasteiger partial charge in [0.2, 0.25) is 5.95 Å². The van der Waals surface area contributed by atoms with Gasteiger partial charge >= 0.3 is 0 Å². The second-order valence-corrected chi connectivity index (χ2v) is 3.58. The molecule has 0 unspecified atom stereocenters. The average molecular weight is 181 g/mol. The van der Waals surface area contributed by atoms with Crippen LogP contribution in [-0.4, -0.2) is 10.1 Å². The van der Waals surface area contributed by atoms with Crippen LogP contribution in [0, 0.1) is 5.95 Å². The lowest BCUT2D eigenvalue weighted by Crippen LogP contribution is -2.22. The lowest BCUT2D eigenvalue weighted by Gasteiger charge is -2.22. The van der Waals surface area contributed by atoms with E-state index in [0.717, 1.165) is 12.8 Å². The molecule has 1 fully saturated rings. The van der Waals surface area contributed by atoms with Crippen LogP contribution in [0.2, 0.25) is 0 Å². The molecule has 0 aromatic carbocycles. The van der Waals surface area contributed by atoms with Crippen molar-refractivity contribution in [2.24, 2.45) is 0 Å². The molecule has 0 saturated heterocycles. The Bertz CT molecular complexity index is 308. The molecule has 0 bridgehead atoms. The number of nitrogens with zero attached hydrogens (tertiary/aromatic N) is 1. The largest absolute Gasteiger partial charge is 0.385 e. The first-order chi connectivity index (χ1) is 6.22. The van der Waals surface area contributed by atoms with E-state index in [1.54, 1.807) is 12.1 Å². The van der Waals surface area contributed by atoms with Crippen molar-refractivity contribution >= 4 is 0 Å². The topological polar surface area (TPSA) is 33.1 Å². The Kier molecular flexibility index (Phi) is 2.04. The van der Waals surface area contributed by atoms with Crippen LogP contribution in [0.5, 0.6) is 0 Å². The maximum absolute atomic E-state index is 13.2. The summed E-state index contributed by atoms with van der Waals surface area (Å²) in [5, 5.41) is 10.1. The number of aliphatic hydroxyl groups is 1. The molecule has 2 nitrogen and oxygen atoms in total. The highest BCUT2D eigenvalue weighted by Crippen LogP contribution is 2.38. The summed E-state index contributed by atoms with van der Waals surface area (Å²) >= 11 is 0. The zero-order valence-electron chi connectivity index (χ0n) is 7.33. The van der Waals surface area contributed by atoms with Crippen molar-refractivity contribution in [2.75, 3.05) is 0 Å². The Balaban J connectivity index is 2.39. The van der Waals surface area contributed by atoms with Crippen molar-refractivity contribution in [3.8, 4) is 0 Å². The Morgan fingerprint density at radius 1 is 1.38 bits per heavy atom. The van der Waals surface area contributed by atoms with Gasteiger partial charge in [0.1, 0.15) is 0 Å². The number of rotatable bonds is 1. The number of halogens is 1. The van der Waals surface area contributed by atoms with Gasteiger partial charge in [-0.05, 0) is 18.9 Å². The zero-order chi connectivity index (χ0) is 9.31. The van der Waals surface area contributed by atoms with Crippen LogP contribution in [0.4, 0.5) is 4.39 Å². The molecule has 1 aromatic rings. The van der Waals surface area contributed by atoms with E-state index in [2.05, 4.69) is 4.98 Å². The molecule has 2 rings (SSSR count). The summed E-state index contributed by atoms with van der Waals surface area (Å²) in [6.45, 7) is 0. The minimum Gasteiger partial charge on any atom is -0.385 e. The first kappa shape index (κ1) is 8.63. The number of hydrogen-bond donors (Lipinski definition) is 1. The maximum atomic E-state index is 13.2. The van der Waals surface area contributed by atoms with Gasteiger partial charge in [0.25, 0.3) is 0 Å². The molecule has 13 heavy (non-hydrogen) atoms. The standard InChI is InChI=1S/C10H12FNO/c11-9-8(4-3-7-12-9)10(13)5-1-2-6-10/h3-4,7,13H,1-2,5-6H2. The van der Waals surface area contributed by atoms with Gasteiger partial charge in [-0.25, -0.2) is 4.98 Å². The van der Waals surface area contributed by atoms with Crippen molar-refractivity contribution in [1.82, 2.24) is 4.98 Å². The van der Waals surface area contributed by atoms with Crippen molar-refractivity contribution < 1.29 is 9.50 Å². The molecule has 0 amide bonds. The van der Waals surface area contributed by atoms with Crippen LogP contribution < -0.4 is 0 Å². The third-order valence-electron chi connectivity index (χ3n) is 2.69. The summed E-state index contributed by atoms with van der Waals surface area (Å²) in [5.41, 5.74) is -0.606. The smallest absolute Gasteiger partial charge is 0.218 e. The van der Waals surface area contributed by atoms with Gasteiger partial charge in [-0.2, -0.15) is 4.39 Å². The quantitative estimate of drug-likeness (QED) is 0.672. The van der Waals surface area contributed by atoms with Gasteiger partial charge in [-0.1, -0.05) is 18.9 Å². The molecule has 1 aromatic heterocycles. The summed E-state index contributed by atoms with van der Waals surface area (Å²) in [7, 11) is 0. The second kappa shape index (κ2) is 3.07. The van der Waals surface area contributed by atoms with Crippen LogP contribution in [0.1, 0.15) is 31.2 Å². The molecule has 1 saturated carbocycles. The molecular formula is C10H12FNO. The van der Waals surface area contributed by atoms with Gasteiger partial charge in [0.05, 0.1) is 5.60 Å². The van der Waals surface area contributed by atoms with E-state index in [-0.39, 0.29) is 0 Å². The molecule has 1 heterocycles. The SMILES string of the molecule is OC1(c2cccnc2F)CCCC1. The van der Waals surface area contributed by atoms with Crippen molar-refractivity contribution in [2.45, 2.75) is 31.3 Å². The van der Waals surface area contributed by atoms with Gasteiger partial charge in [0.15, 0.2) is 0 Å². The normalized spacial score (nSPS) is 20.5. The molecule has 3 heteroatoms. The third kappa shape index (κ3) is 1.44. The van der Waals surface area contributed by atoms with E-state index < -0.39 is 11.5 Å². The second-order valence-electron chi connectivity index (χ2n) is 3.58.